The van der Waals surface area contributed by atoms with Crippen molar-refractivity contribution in [2.24, 2.45) is 0 Å². The molecule has 0 aliphatic rings. The highest BCUT2D eigenvalue weighted by atomic mass is 15.2. The normalized spacial score (nSPS) is 11.1. The molecule has 118 valence electrons. The zero-order valence-corrected chi connectivity index (χ0v) is 13.8. The second-order valence-electron chi connectivity index (χ2n) is 6.11. The van der Waals surface area contributed by atoms with Crippen LogP contribution in [0.1, 0.15) is 22.6 Å². The fourth-order valence-corrected chi connectivity index (χ4v) is 2.85. The van der Waals surface area contributed by atoms with Crippen molar-refractivity contribution in [1.82, 2.24) is 19.6 Å². The summed E-state index contributed by atoms with van der Waals surface area (Å²) in [6, 6.07) is 16.8. The Morgan fingerprint density at radius 2 is 1.67 bits per heavy atom. The molecular weight excluding hydrogens is 296 g/mol. The van der Waals surface area contributed by atoms with E-state index in [2.05, 4.69) is 69.0 Å². The summed E-state index contributed by atoms with van der Waals surface area (Å²) in [6.45, 7) is 4.09. The second kappa shape index (κ2) is 5.89. The van der Waals surface area contributed by atoms with Gasteiger partial charge in [-0.25, -0.2) is 0 Å². The van der Waals surface area contributed by atoms with Crippen LogP contribution < -0.4 is 0 Å². The standard InChI is InChI=1S/C20H18N4/c1-14-3-5-16(6-4-14)12-19-22-23-20-13-18(8-10-24(19)20)17-7-9-21-15(2)11-17/h3-11,13H,12H2,1-2H3. The number of aromatic nitrogens is 4. The summed E-state index contributed by atoms with van der Waals surface area (Å²) < 4.78 is 2.05. The molecule has 0 fully saturated rings. The van der Waals surface area contributed by atoms with E-state index in [4.69, 9.17) is 0 Å². The molecule has 0 spiro atoms. The molecular formula is C20H18N4. The van der Waals surface area contributed by atoms with E-state index in [9.17, 15) is 0 Å². The number of pyridine rings is 2. The minimum absolute atomic E-state index is 0.773. The Morgan fingerprint density at radius 1 is 0.875 bits per heavy atom. The Bertz CT molecular complexity index is 1000. The Balaban J connectivity index is 1.69. The minimum Gasteiger partial charge on any atom is -0.286 e. The SMILES string of the molecule is Cc1ccc(Cc2nnc3cc(-c4ccnc(C)c4)ccn23)cc1. The van der Waals surface area contributed by atoms with Gasteiger partial charge in [0.05, 0.1) is 0 Å². The van der Waals surface area contributed by atoms with Gasteiger partial charge in [0.25, 0.3) is 0 Å². The molecule has 0 aliphatic heterocycles. The predicted octanol–water partition coefficient (Wildman–Crippen LogP) is 4.00. The van der Waals surface area contributed by atoms with E-state index in [1.165, 1.54) is 11.1 Å². The van der Waals surface area contributed by atoms with Crippen LogP contribution in [0.5, 0.6) is 0 Å². The molecule has 0 bridgehead atoms. The molecule has 0 saturated carbocycles. The van der Waals surface area contributed by atoms with Gasteiger partial charge in [-0.2, -0.15) is 0 Å². The molecule has 0 radical (unpaired) electrons. The number of hydrogen-bond acceptors (Lipinski definition) is 3. The van der Waals surface area contributed by atoms with E-state index in [1.54, 1.807) is 0 Å². The van der Waals surface area contributed by atoms with Gasteiger partial charge in [0.15, 0.2) is 5.65 Å². The summed E-state index contributed by atoms with van der Waals surface area (Å²) in [5, 5.41) is 8.70. The Morgan fingerprint density at radius 3 is 2.46 bits per heavy atom. The third kappa shape index (κ3) is 2.78. The van der Waals surface area contributed by atoms with Crippen molar-refractivity contribution in [3.63, 3.8) is 0 Å². The fraction of sp³-hybridized carbons (Fsp3) is 0.150. The van der Waals surface area contributed by atoms with Gasteiger partial charge in [0, 0.05) is 24.5 Å². The molecule has 0 amide bonds. The molecule has 3 aromatic heterocycles. The van der Waals surface area contributed by atoms with E-state index >= 15 is 0 Å². The maximum atomic E-state index is 4.37. The van der Waals surface area contributed by atoms with Crippen molar-refractivity contribution < 1.29 is 0 Å². The smallest absolute Gasteiger partial charge is 0.161 e. The zero-order valence-electron chi connectivity index (χ0n) is 13.8. The van der Waals surface area contributed by atoms with Crippen molar-refractivity contribution in [3.05, 3.63) is 83.6 Å². The monoisotopic (exact) mass is 314 g/mol. The molecule has 0 saturated heterocycles. The molecule has 3 heterocycles. The van der Waals surface area contributed by atoms with E-state index in [-0.39, 0.29) is 0 Å². The molecule has 1 aromatic carbocycles. The minimum atomic E-state index is 0.773. The molecule has 0 aliphatic carbocycles. The van der Waals surface area contributed by atoms with Crippen LogP contribution in [0.15, 0.2) is 60.9 Å². The summed E-state index contributed by atoms with van der Waals surface area (Å²) in [7, 11) is 0. The average molecular weight is 314 g/mol. The first kappa shape index (κ1) is 14.6. The molecule has 4 nitrogen and oxygen atoms in total. The Kier molecular flexibility index (Phi) is 3.58. The van der Waals surface area contributed by atoms with Crippen LogP contribution >= 0.6 is 0 Å². The lowest BCUT2D eigenvalue weighted by Gasteiger charge is -2.05. The largest absolute Gasteiger partial charge is 0.286 e. The zero-order chi connectivity index (χ0) is 16.5. The summed E-state index contributed by atoms with van der Waals surface area (Å²) in [6.07, 6.45) is 4.65. The van der Waals surface area contributed by atoms with Gasteiger partial charge in [-0.1, -0.05) is 29.8 Å². The van der Waals surface area contributed by atoms with Crippen molar-refractivity contribution >= 4 is 5.65 Å². The lowest BCUT2D eigenvalue weighted by atomic mass is 10.1. The molecule has 24 heavy (non-hydrogen) atoms. The number of benzene rings is 1. The van der Waals surface area contributed by atoms with Gasteiger partial charge in [-0.3, -0.25) is 9.38 Å². The van der Waals surface area contributed by atoms with Gasteiger partial charge in [0.1, 0.15) is 5.82 Å². The maximum absolute atomic E-state index is 4.37. The van der Waals surface area contributed by atoms with Crippen molar-refractivity contribution in [2.45, 2.75) is 20.3 Å². The Hall–Kier alpha value is -3.01. The summed E-state index contributed by atoms with van der Waals surface area (Å²) in [4.78, 5) is 4.25. The molecule has 4 rings (SSSR count). The molecule has 0 atom stereocenters. The van der Waals surface area contributed by atoms with Crippen LogP contribution in [0.4, 0.5) is 0 Å². The number of hydrogen-bond donors (Lipinski definition) is 0. The van der Waals surface area contributed by atoms with Crippen LogP contribution in [-0.2, 0) is 6.42 Å². The van der Waals surface area contributed by atoms with Gasteiger partial charge in [-0.15, -0.1) is 10.2 Å². The van der Waals surface area contributed by atoms with Gasteiger partial charge in [-0.05, 0) is 54.8 Å². The van der Waals surface area contributed by atoms with E-state index in [1.807, 2.05) is 25.4 Å². The van der Waals surface area contributed by atoms with Gasteiger partial charge < -0.3 is 0 Å². The molecule has 0 N–H and O–H groups in total. The lowest BCUT2D eigenvalue weighted by molar-refractivity contribution is 0.934. The van der Waals surface area contributed by atoms with Gasteiger partial charge in [0.2, 0.25) is 0 Å². The number of rotatable bonds is 3. The first-order valence-corrected chi connectivity index (χ1v) is 8.01. The van der Waals surface area contributed by atoms with E-state index in [0.717, 1.165) is 34.7 Å². The number of fused-ring (bicyclic) bond motifs is 1. The highest BCUT2D eigenvalue weighted by Gasteiger charge is 2.08. The third-order valence-electron chi connectivity index (χ3n) is 4.19. The lowest BCUT2D eigenvalue weighted by Crippen LogP contribution is -1.96. The highest BCUT2D eigenvalue weighted by Crippen LogP contribution is 2.21. The number of aryl methyl sites for hydroxylation is 2. The maximum Gasteiger partial charge on any atom is 0.161 e. The van der Waals surface area contributed by atoms with Crippen LogP contribution in [-0.4, -0.2) is 19.6 Å². The summed E-state index contributed by atoms with van der Waals surface area (Å²) in [5.41, 5.74) is 6.65. The molecule has 4 aromatic rings. The van der Waals surface area contributed by atoms with Crippen LogP contribution in [0, 0.1) is 13.8 Å². The first-order valence-electron chi connectivity index (χ1n) is 8.01. The topological polar surface area (TPSA) is 43.1 Å². The second-order valence-corrected chi connectivity index (χ2v) is 6.11. The summed E-state index contributed by atoms with van der Waals surface area (Å²) in [5.74, 6) is 0.950. The van der Waals surface area contributed by atoms with Crippen molar-refractivity contribution in [1.29, 1.82) is 0 Å². The third-order valence-corrected chi connectivity index (χ3v) is 4.19. The van der Waals surface area contributed by atoms with Crippen LogP contribution in [0.25, 0.3) is 16.8 Å². The van der Waals surface area contributed by atoms with Crippen LogP contribution in [0.2, 0.25) is 0 Å². The average Bonchev–Trinajstić information content (AvgIpc) is 2.99. The number of nitrogens with zero attached hydrogens (tertiary/aromatic N) is 4. The van der Waals surface area contributed by atoms with E-state index < -0.39 is 0 Å². The van der Waals surface area contributed by atoms with E-state index in [0.29, 0.717) is 0 Å². The predicted molar refractivity (Wildman–Crippen MR) is 94.9 cm³/mol. The quantitative estimate of drug-likeness (QED) is 0.574. The van der Waals surface area contributed by atoms with Gasteiger partial charge >= 0.3 is 0 Å². The summed E-state index contributed by atoms with van der Waals surface area (Å²) >= 11 is 0. The van der Waals surface area contributed by atoms with Crippen LogP contribution in [0.3, 0.4) is 0 Å². The molecule has 0 unspecified atom stereocenters. The Labute approximate surface area is 140 Å². The molecule has 4 heteroatoms. The fourth-order valence-electron chi connectivity index (χ4n) is 2.85. The van der Waals surface area contributed by atoms with Crippen molar-refractivity contribution in [2.75, 3.05) is 0 Å². The first-order chi connectivity index (χ1) is 11.7. The highest BCUT2D eigenvalue weighted by molar-refractivity contribution is 5.67. The van der Waals surface area contributed by atoms with Crippen molar-refractivity contribution in [3.8, 4) is 11.1 Å².